The molecule has 0 saturated heterocycles. The van der Waals surface area contributed by atoms with E-state index in [-0.39, 0.29) is 5.41 Å². The molecule has 0 aromatic rings. The van der Waals surface area contributed by atoms with Gasteiger partial charge in [-0.05, 0) is 74.0 Å². The van der Waals surface area contributed by atoms with Crippen LogP contribution < -0.4 is 0 Å². The summed E-state index contributed by atoms with van der Waals surface area (Å²) in [5, 5.41) is 0. The van der Waals surface area contributed by atoms with Crippen molar-refractivity contribution in [2.75, 3.05) is 0 Å². The molecule has 0 aromatic heterocycles. The number of rotatable bonds is 0. The highest BCUT2D eigenvalue weighted by molar-refractivity contribution is 5.87. The zero-order chi connectivity index (χ0) is 14.4. The van der Waals surface area contributed by atoms with Gasteiger partial charge in [0.1, 0.15) is 11.6 Å². The molecular weight excluding hydrogens is 260 g/mol. The monoisotopic (exact) mass is 286 g/mol. The quantitative estimate of drug-likeness (QED) is 0.679. The molecule has 0 heterocycles. The van der Waals surface area contributed by atoms with E-state index < -0.39 is 0 Å². The first-order chi connectivity index (χ1) is 10.1. The van der Waals surface area contributed by atoms with Crippen LogP contribution in [0.1, 0.15) is 64.7 Å². The fourth-order valence-electron chi connectivity index (χ4n) is 7.47. The highest BCUT2D eigenvalue weighted by atomic mass is 16.1. The third-order valence-electron chi connectivity index (χ3n) is 8.61. The van der Waals surface area contributed by atoms with Gasteiger partial charge in [0, 0.05) is 24.2 Å². The van der Waals surface area contributed by atoms with Crippen LogP contribution in [0, 0.1) is 40.4 Å². The van der Waals surface area contributed by atoms with Crippen molar-refractivity contribution in [3.63, 3.8) is 0 Å². The van der Waals surface area contributed by atoms with Gasteiger partial charge in [0.05, 0.1) is 0 Å². The Balaban J connectivity index is 1.47. The summed E-state index contributed by atoms with van der Waals surface area (Å²) in [6, 6.07) is 0. The van der Waals surface area contributed by atoms with Crippen LogP contribution in [0.25, 0.3) is 0 Å². The molecular formula is C19H26O2. The number of carbonyl (C=O) groups is 2. The van der Waals surface area contributed by atoms with E-state index in [9.17, 15) is 9.59 Å². The van der Waals surface area contributed by atoms with Crippen LogP contribution in [0.2, 0.25) is 0 Å². The maximum atomic E-state index is 12.4. The molecule has 0 aromatic carbocycles. The standard InChI is InChI=1S/C19H26O2/c1-18-8-6-12-11(13(18)3-5-17(18)21)7-9-19-10-15(19)16(20)4-2-14(12)19/h11-15H,2-10H2,1H3/t11-,12+,13+,14-,15-,18+,19+/m1/s1. The molecule has 5 aliphatic rings. The Hall–Kier alpha value is -0.660. The number of hydrogen-bond acceptors (Lipinski definition) is 2. The molecule has 5 aliphatic carbocycles. The van der Waals surface area contributed by atoms with Gasteiger partial charge in [0.15, 0.2) is 0 Å². The van der Waals surface area contributed by atoms with Crippen LogP contribution in [-0.4, -0.2) is 11.6 Å². The SMILES string of the molecule is C[C@]12CC[C@H]3[C@@H](CC[C@@]45C[C@@H]4C(=O)CC[C@H]35)[C@@H]1CCC2=O. The highest BCUT2D eigenvalue weighted by Crippen LogP contribution is 2.73. The maximum Gasteiger partial charge on any atom is 0.139 e. The average Bonchev–Trinajstić information content (AvgIpc) is 3.13. The van der Waals surface area contributed by atoms with Crippen molar-refractivity contribution in [3.05, 3.63) is 0 Å². The van der Waals surface area contributed by atoms with E-state index in [2.05, 4.69) is 6.92 Å². The molecule has 2 heteroatoms. The number of hydrogen-bond donors (Lipinski definition) is 0. The predicted octanol–water partition coefficient (Wildman–Crippen LogP) is 3.78. The van der Waals surface area contributed by atoms with Gasteiger partial charge < -0.3 is 0 Å². The van der Waals surface area contributed by atoms with Gasteiger partial charge in [-0.2, -0.15) is 0 Å². The second kappa shape index (κ2) is 3.81. The van der Waals surface area contributed by atoms with Crippen molar-refractivity contribution < 1.29 is 9.59 Å². The van der Waals surface area contributed by atoms with Crippen molar-refractivity contribution >= 4 is 11.6 Å². The van der Waals surface area contributed by atoms with Crippen LogP contribution in [0.3, 0.4) is 0 Å². The van der Waals surface area contributed by atoms with Gasteiger partial charge in [-0.15, -0.1) is 0 Å². The highest BCUT2D eigenvalue weighted by Gasteiger charge is 2.69. The Labute approximate surface area is 127 Å². The van der Waals surface area contributed by atoms with Gasteiger partial charge in [-0.3, -0.25) is 9.59 Å². The molecule has 0 unspecified atom stereocenters. The van der Waals surface area contributed by atoms with Gasteiger partial charge >= 0.3 is 0 Å². The van der Waals surface area contributed by atoms with Crippen LogP contribution in [0.15, 0.2) is 0 Å². The molecule has 5 fully saturated rings. The summed E-state index contributed by atoms with van der Waals surface area (Å²) in [6.45, 7) is 2.26. The third-order valence-corrected chi connectivity index (χ3v) is 8.61. The number of Topliss-reactive ketones (excluding diaryl/α,β-unsaturated/α-hetero) is 2. The molecule has 7 atom stereocenters. The van der Waals surface area contributed by atoms with E-state index in [0.29, 0.717) is 28.8 Å². The second-order valence-corrected chi connectivity index (χ2v) is 8.99. The summed E-state index contributed by atoms with van der Waals surface area (Å²) < 4.78 is 0. The summed E-state index contributed by atoms with van der Waals surface area (Å²) in [5.74, 6) is 4.67. The number of carbonyl (C=O) groups excluding carboxylic acids is 2. The van der Waals surface area contributed by atoms with E-state index in [1.165, 1.54) is 25.7 Å². The lowest BCUT2D eigenvalue weighted by molar-refractivity contribution is -0.135. The topological polar surface area (TPSA) is 34.1 Å². The Kier molecular flexibility index (Phi) is 2.33. The van der Waals surface area contributed by atoms with E-state index in [1.807, 2.05) is 0 Å². The van der Waals surface area contributed by atoms with Gasteiger partial charge in [-0.1, -0.05) is 6.92 Å². The Bertz CT molecular complexity index is 538. The number of ketones is 2. The molecule has 1 spiro atoms. The summed E-state index contributed by atoms with van der Waals surface area (Å²) in [7, 11) is 0. The second-order valence-electron chi connectivity index (χ2n) is 8.99. The molecule has 0 N–H and O–H groups in total. The van der Waals surface area contributed by atoms with Crippen molar-refractivity contribution in [2.24, 2.45) is 40.4 Å². The third kappa shape index (κ3) is 1.40. The first-order valence-electron chi connectivity index (χ1n) is 9.12. The van der Waals surface area contributed by atoms with Crippen LogP contribution >= 0.6 is 0 Å². The molecule has 21 heavy (non-hydrogen) atoms. The Morgan fingerprint density at radius 1 is 0.905 bits per heavy atom. The lowest BCUT2D eigenvalue weighted by Crippen LogP contribution is -2.49. The van der Waals surface area contributed by atoms with Crippen LogP contribution in [-0.2, 0) is 9.59 Å². The van der Waals surface area contributed by atoms with E-state index >= 15 is 0 Å². The normalized spacial score (nSPS) is 58.0. The molecule has 0 amide bonds. The summed E-state index contributed by atoms with van der Waals surface area (Å²) in [6.07, 6.45) is 10.2. The molecule has 5 saturated carbocycles. The molecule has 2 nitrogen and oxygen atoms in total. The molecule has 0 aliphatic heterocycles. The van der Waals surface area contributed by atoms with Crippen LogP contribution in [0.4, 0.5) is 0 Å². The van der Waals surface area contributed by atoms with E-state index in [4.69, 9.17) is 0 Å². The fraction of sp³-hybridized carbons (Fsp3) is 0.895. The summed E-state index contributed by atoms with van der Waals surface area (Å²) >= 11 is 0. The smallest absolute Gasteiger partial charge is 0.139 e. The predicted molar refractivity (Wildman–Crippen MR) is 79.6 cm³/mol. The molecule has 5 rings (SSSR count). The summed E-state index contributed by atoms with van der Waals surface area (Å²) in [4.78, 5) is 24.4. The van der Waals surface area contributed by atoms with Crippen molar-refractivity contribution in [1.29, 1.82) is 0 Å². The van der Waals surface area contributed by atoms with Crippen molar-refractivity contribution in [1.82, 2.24) is 0 Å². The minimum absolute atomic E-state index is 0.0130. The largest absolute Gasteiger partial charge is 0.299 e. The minimum atomic E-state index is 0.0130. The lowest BCUT2D eigenvalue weighted by Gasteiger charge is -2.54. The lowest BCUT2D eigenvalue weighted by atomic mass is 9.50. The summed E-state index contributed by atoms with van der Waals surface area (Å²) in [5.41, 5.74) is 0.450. The first-order valence-corrected chi connectivity index (χ1v) is 9.12. The Morgan fingerprint density at radius 3 is 2.48 bits per heavy atom. The average molecular weight is 286 g/mol. The van der Waals surface area contributed by atoms with Crippen molar-refractivity contribution in [3.8, 4) is 0 Å². The van der Waals surface area contributed by atoms with Gasteiger partial charge in [0.25, 0.3) is 0 Å². The maximum absolute atomic E-state index is 12.4. The van der Waals surface area contributed by atoms with E-state index in [1.54, 1.807) is 0 Å². The van der Waals surface area contributed by atoms with Crippen molar-refractivity contribution in [2.45, 2.75) is 64.7 Å². The zero-order valence-corrected chi connectivity index (χ0v) is 13.1. The van der Waals surface area contributed by atoms with Gasteiger partial charge in [-0.25, -0.2) is 0 Å². The molecule has 114 valence electrons. The number of fused-ring (bicyclic) bond motifs is 4. The molecule has 0 bridgehead atoms. The fourth-order valence-corrected chi connectivity index (χ4v) is 7.47. The van der Waals surface area contributed by atoms with Gasteiger partial charge in [0.2, 0.25) is 0 Å². The van der Waals surface area contributed by atoms with E-state index in [0.717, 1.165) is 49.9 Å². The zero-order valence-electron chi connectivity index (χ0n) is 13.1. The first kappa shape index (κ1) is 12.8. The molecule has 0 radical (unpaired) electrons. The Morgan fingerprint density at radius 2 is 1.62 bits per heavy atom. The minimum Gasteiger partial charge on any atom is -0.299 e. The van der Waals surface area contributed by atoms with Crippen LogP contribution in [0.5, 0.6) is 0 Å².